The molecule has 0 aliphatic heterocycles. The van der Waals surface area contributed by atoms with Crippen LogP contribution in [0.25, 0.3) is 0 Å². The molecule has 1 saturated carbocycles. The van der Waals surface area contributed by atoms with E-state index < -0.39 is 0 Å². The Labute approximate surface area is 79.5 Å². The highest BCUT2D eigenvalue weighted by molar-refractivity contribution is 5.96. The van der Waals surface area contributed by atoms with E-state index in [1.165, 1.54) is 24.0 Å². The fraction of sp³-hybridized carbons (Fsp3) is 0.583. The minimum Gasteiger partial charge on any atom is -0.295 e. The topological polar surface area (TPSA) is 17.1 Å². The standard InChI is InChI=1S/C12H16O/c1-9-11-7-4-6-10(11)5-2-3-8-12(9)13/h5H,2-4,6-8H2,1H3/b10-5-,11-9-. The number of carbonyl (C=O) groups excluding carboxylic acids is 1. The highest BCUT2D eigenvalue weighted by atomic mass is 16.1. The van der Waals surface area contributed by atoms with Gasteiger partial charge in [-0.05, 0) is 55.7 Å². The lowest BCUT2D eigenvalue weighted by molar-refractivity contribution is -0.115. The SMILES string of the molecule is C/C1=C2\CCC\C2=C\CCCC1=O. The Morgan fingerprint density at radius 3 is 2.85 bits per heavy atom. The average Bonchev–Trinajstić information content (AvgIpc) is 2.56. The predicted octanol–water partition coefficient (Wildman–Crippen LogP) is 3.17. The number of fused-ring (bicyclic) bond motifs is 1. The van der Waals surface area contributed by atoms with E-state index in [0.717, 1.165) is 31.3 Å². The average molecular weight is 176 g/mol. The molecule has 0 aromatic rings. The Bertz CT molecular complexity index is 294. The molecule has 0 heterocycles. The van der Waals surface area contributed by atoms with Crippen LogP contribution >= 0.6 is 0 Å². The van der Waals surface area contributed by atoms with Crippen LogP contribution in [-0.4, -0.2) is 5.78 Å². The van der Waals surface area contributed by atoms with Crippen LogP contribution in [0.15, 0.2) is 22.8 Å². The van der Waals surface area contributed by atoms with Crippen molar-refractivity contribution in [3.05, 3.63) is 22.8 Å². The zero-order chi connectivity index (χ0) is 9.26. The van der Waals surface area contributed by atoms with Crippen LogP contribution in [0.5, 0.6) is 0 Å². The molecule has 0 spiro atoms. The minimum atomic E-state index is 0.377. The van der Waals surface area contributed by atoms with E-state index >= 15 is 0 Å². The lowest BCUT2D eigenvalue weighted by atomic mass is 9.94. The van der Waals surface area contributed by atoms with Crippen LogP contribution in [0.3, 0.4) is 0 Å². The summed E-state index contributed by atoms with van der Waals surface area (Å²) in [5, 5.41) is 0. The molecule has 0 radical (unpaired) electrons. The molecule has 0 aromatic heterocycles. The lowest BCUT2D eigenvalue weighted by Gasteiger charge is -2.10. The normalized spacial score (nSPS) is 33.3. The van der Waals surface area contributed by atoms with Gasteiger partial charge in [-0.2, -0.15) is 0 Å². The molecule has 1 nitrogen and oxygen atoms in total. The fourth-order valence-electron chi connectivity index (χ4n) is 2.32. The molecule has 0 N–H and O–H groups in total. The number of rotatable bonds is 0. The largest absolute Gasteiger partial charge is 0.295 e. The number of allylic oxidation sites excluding steroid dienone is 4. The van der Waals surface area contributed by atoms with Gasteiger partial charge in [0.25, 0.3) is 0 Å². The second kappa shape index (κ2) is 3.49. The third kappa shape index (κ3) is 1.60. The lowest BCUT2D eigenvalue weighted by Crippen LogP contribution is -2.04. The molecule has 2 rings (SSSR count). The Balaban J connectivity index is 2.40. The molecule has 0 saturated heterocycles. The first-order chi connectivity index (χ1) is 6.29. The van der Waals surface area contributed by atoms with Crippen molar-refractivity contribution in [1.29, 1.82) is 0 Å². The van der Waals surface area contributed by atoms with Crippen molar-refractivity contribution in [2.24, 2.45) is 0 Å². The summed E-state index contributed by atoms with van der Waals surface area (Å²) >= 11 is 0. The minimum absolute atomic E-state index is 0.377. The van der Waals surface area contributed by atoms with Crippen LogP contribution in [0.4, 0.5) is 0 Å². The molecular weight excluding hydrogens is 160 g/mol. The Morgan fingerprint density at radius 2 is 2.00 bits per heavy atom. The third-order valence-electron chi connectivity index (χ3n) is 3.13. The van der Waals surface area contributed by atoms with Crippen molar-refractivity contribution in [2.75, 3.05) is 0 Å². The quantitative estimate of drug-likeness (QED) is 0.554. The van der Waals surface area contributed by atoms with E-state index in [1.807, 2.05) is 6.92 Å². The first kappa shape index (κ1) is 8.74. The molecule has 13 heavy (non-hydrogen) atoms. The second-order valence-corrected chi connectivity index (χ2v) is 4.00. The number of hydrogen-bond acceptors (Lipinski definition) is 1. The van der Waals surface area contributed by atoms with Gasteiger partial charge in [0.05, 0.1) is 0 Å². The van der Waals surface area contributed by atoms with Gasteiger partial charge >= 0.3 is 0 Å². The summed E-state index contributed by atoms with van der Waals surface area (Å²) in [6.45, 7) is 2.00. The molecule has 0 amide bonds. The zero-order valence-corrected chi connectivity index (χ0v) is 8.23. The Kier molecular flexibility index (Phi) is 2.34. The molecule has 0 bridgehead atoms. The molecule has 2 aliphatic rings. The van der Waals surface area contributed by atoms with Gasteiger partial charge in [-0.15, -0.1) is 0 Å². The maximum absolute atomic E-state index is 11.6. The van der Waals surface area contributed by atoms with Gasteiger partial charge in [-0.1, -0.05) is 6.08 Å². The van der Waals surface area contributed by atoms with E-state index in [4.69, 9.17) is 0 Å². The van der Waals surface area contributed by atoms with Crippen molar-refractivity contribution in [3.8, 4) is 0 Å². The summed E-state index contributed by atoms with van der Waals surface area (Å²) in [5.41, 5.74) is 3.87. The third-order valence-corrected chi connectivity index (χ3v) is 3.13. The number of carbonyl (C=O) groups is 1. The Morgan fingerprint density at radius 1 is 1.15 bits per heavy atom. The van der Waals surface area contributed by atoms with Gasteiger partial charge in [0, 0.05) is 6.42 Å². The zero-order valence-electron chi connectivity index (χ0n) is 8.23. The molecule has 1 heteroatoms. The van der Waals surface area contributed by atoms with Crippen LogP contribution < -0.4 is 0 Å². The van der Waals surface area contributed by atoms with Gasteiger partial charge in [0.15, 0.2) is 5.78 Å². The molecule has 0 unspecified atom stereocenters. The summed E-state index contributed by atoms with van der Waals surface area (Å²) in [7, 11) is 0. The predicted molar refractivity (Wildman–Crippen MR) is 53.5 cm³/mol. The number of hydrogen-bond donors (Lipinski definition) is 0. The van der Waals surface area contributed by atoms with E-state index in [1.54, 1.807) is 0 Å². The van der Waals surface area contributed by atoms with Crippen LogP contribution in [0.2, 0.25) is 0 Å². The van der Waals surface area contributed by atoms with E-state index in [9.17, 15) is 4.79 Å². The first-order valence-electron chi connectivity index (χ1n) is 5.21. The van der Waals surface area contributed by atoms with Crippen molar-refractivity contribution in [2.45, 2.75) is 45.4 Å². The van der Waals surface area contributed by atoms with Gasteiger partial charge in [-0.3, -0.25) is 4.79 Å². The fourth-order valence-corrected chi connectivity index (χ4v) is 2.32. The molecule has 2 aliphatic carbocycles. The highest BCUT2D eigenvalue weighted by Gasteiger charge is 2.20. The van der Waals surface area contributed by atoms with Gasteiger partial charge in [0.1, 0.15) is 0 Å². The van der Waals surface area contributed by atoms with Crippen molar-refractivity contribution < 1.29 is 4.79 Å². The van der Waals surface area contributed by atoms with Gasteiger partial charge in [0.2, 0.25) is 0 Å². The molecule has 0 atom stereocenters. The summed E-state index contributed by atoms with van der Waals surface area (Å²) in [6.07, 6.45) is 8.79. The van der Waals surface area contributed by atoms with Crippen LogP contribution in [-0.2, 0) is 4.79 Å². The monoisotopic (exact) mass is 176 g/mol. The van der Waals surface area contributed by atoms with Crippen molar-refractivity contribution >= 4 is 5.78 Å². The van der Waals surface area contributed by atoms with E-state index in [2.05, 4.69) is 6.08 Å². The smallest absolute Gasteiger partial charge is 0.158 e. The van der Waals surface area contributed by atoms with Gasteiger partial charge < -0.3 is 0 Å². The maximum atomic E-state index is 11.6. The van der Waals surface area contributed by atoms with Crippen molar-refractivity contribution in [1.82, 2.24) is 0 Å². The molecule has 1 fully saturated rings. The first-order valence-corrected chi connectivity index (χ1v) is 5.21. The molecular formula is C12H16O. The van der Waals surface area contributed by atoms with Crippen molar-refractivity contribution in [3.63, 3.8) is 0 Å². The second-order valence-electron chi connectivity index (χ2n) is 4.00. The Hall–Kier alpha value is -0.850. The van der Waals surface area contributed by atoms with Crippen LogP contribution in [0, 0.1) is 0 Å². The molecule has 0 aromatic carbocycles. The van der Waals surface area contributed by atoms with E-state index in [0.29, 0.717) is 5.78 Å². The highest BCUT2D eigenvalue weighted by Crippen LogP contribution is 2.35. The maximum Gasteiger partial charge on any atom is 0.158 e. The van der Waals surface area contributed by atoms with Gasteiger partial charge in [-0.25, -0.2) is 0 Å². The summed E-state index contributed by atoms with van der Waals surface area (Å²) in [6, 6.07) is 0. The van der Waals surface area contributed by atoms with Crippen LogP contribution in [0.1, 0.15) is 45.4 Å². The summed E-state index contributed by atoms with van der Waals surface area (Å²) < 4.78 is 0. The summed E-state index contributed by atoms with van der Waals surface area (Å²) in [5.74, 6) is 0.377. The molecule has 70 valence electrons. The number of ketones is 1. The van der Waals surface area contributed by atoms with E-state index in [-0.39, 0.29) is 0 Å². The summed E-state index contributed by atoms with van der Waals surface area (Å²) in [4.78, 5) is 11.6. The number of Topliss-reactive ketones (excluding diaryl/α,β-unsaturated/α-hetero) is 1.